The highest BCUT2D eigenvalue weighted by molar-refractivity contribution is 7.95. The van der Waals surface area contributed by atoms with Gasteiger partial charge in [-0.15, -0.1) is 0 Å². The normalized spacial score (nSPS) is 12.8. The van der Waals surface area contributed by atoms with Crippen molar-refractivity contribution in [1.29, 1.82) is 0 Å². The maximum Gasteiger partial charge on any atom is 0.200 e. The monoisotopic (exact) mass is 396 g/mol. The Bertz CT molecular complexity index is 880. The van der Waals surface area contributed by atoms with Crippen molar-refractivity contribution in [2.24, 2.45) is 0 Å². The Labute approximate surface area is 159 Å². The van der Waals surface area contributed by atoms with Gasteiger partial charge >= 0.3 is 0 Å². The fraction of sp³-hybridized carbons (Fsp3) is 0.222. The quantitative estimate of drug-likeness (QED) is 0.468. The van der Waals surface area contributed by atoms with Gasteiger partial charge in [0.15, 0.2) is 11.6 Å². The number of benzene rings is 2. The summed E-state index contributed by atoms with van der Waals surface area (Å²) in [6, 6.07) is 5.74. The molecule has 0 saturated carbocycles. The van der Waals surface area contributed by atoms with Crippen LogP contribution in [0.1, 0.15) is 51.6 Å². The van der Waals surface area contributed by atoms with Crippen molar-refractivity contribution in [3.63, 3.8) is 0 Å². The van der Waals surface area contributed by atoms with Gasteiger partial charge in [0.2, 0.25) is 0 Å². The van der Waals surface area contributed by atoms with Crippen LogP contribution in [0.15, 0.2) is 24.3 Å². The first-order chi connectivity index (χ1) is 12.0. The number of carbonyl (C=O) groups excluding carboxylic acids is 2. The first kappa shape index (κ1) is 18.1. The van der Waals surface area contributed by atoms with Crippen LogP contribution in [0.4, 0.5) is 0 Å². The summed E-state index contributed by atoms with van der Waals surface area (Å²) in [5.41, 5.74) is -0.0284. The van der Waals surface area contributed by atoms with E-state index in [2.05, 4.69) is 6.92 Å². The fourth-order valence-corrected chi connectivity index (χ4v) is 3.89. The summed E-state index contributed by atoms with van der Waals surface area (Å²) in [6.07, 6.45) is 1.98. The molecular formula is C18H14Cl2O4S. The molecule has 0 saturated heterocycles. The molecule has 0 fully saturated rings. The number of fused-ring (bicyclic) bond motifs is 2. The van der Waals surface area contributed by atoms with Crippen molar-refractivity contribution in [1.82, 2.24) is 0 Å². The van der Waals surface area contributed by atoms with Crippen LogP contribution >= 0.6 is 35.2 Å². The summed E-state index contributed by atoms with van der Waals surface area (Å²) in [4.78, 5) is 25.9. The second-order valence-electron chi connectivity index (χ2n) is 5.53. The molecule has 130 valence electrons. The molecule has 4 nitrogen and oxygen atoms in total. The zero-order valence-electron chi connectivity index (χ0n) is 13.3. The van der Waals surface area contributed by atoms with Crippen LogP contribution in [-0.2, 0) is 0 Å². The molecule has 0 spiro atoms. The molecule has 1 aliphatic rings. The summed E-state index contributed by atoms with van der Waals surface area (Å²) in [5.74, 6) is -0.343. The third kappa shape index (κ3) is 3.12. The van der Waals surface area contributed by atoms with E-state index in [1.807, 2.05) is 0 Å². The van der Waals surface area contributed by atoms with Gasteiger partial charge in [0.1, 0.15) is 11.5 Å². The summed E-state index contributed by atoms with van der Waals surface area (Å²) in [7, 11) is 0. The Hall–Kier alpha value is -1.69. The SMILES string of the molecule is CCCCSOc1ccc(O)c2c1C(=O)c1c(Cl)ccc(Cl)c1C2=O. The lowest BCUT2D eigenvalue weighted by Gasteiger charge is -2.22. The number of phenolic OH excluding ortho intramolecular Hbond substituents is 1. The van der Waals surface area contributed by atoms with Gasteiger partial charge in [0.05, 0.1) is 44.3 Å². The lowest BCUT2D eigenvalue weighted by atomic mass is 9.83. The van der Waals surface area contributed by atoms with E-state index in [1.54, 1.807) is 0 Å². The number of unbranched alkanes of at least 4 members (excludes halogenated alkanes) is 1. The number of rotatable bonds is 5. The number of hydrogen-bond acceptors (Lipinski definition) is 5. The van der Waals surface area contributed by atoms with Gasteiger partial charge in [-0.1, -0.05) is 36.5 Å². The van der Waals surface area contributed by atoms with E-state index >= 15 is 0 Å². The molecule has 1 aliphatic carbocycles. The molecule has 0 amide bonds. The van der Waals surface area contributed by atoms with Gasteiger partial charge in [-0.2, -0.15) is 0 Å². The topological polar surface area (TPSA) is 63.6 Å². The molecule has 7 heteroatoms. The molecule has 0 unspecified atom stereocenters. The van der Waals surface area contributed by atoms with Crippen molar-refractivity contribution in [3.05, 3.63) is 56.6 Å². The zero-order chi connectivity index (χ0) is 18.1. The largest absolute Gasteiger partial charge is 0.507 e. The summed E-state index contributed by atoms with van der Waals surface area (Å²) in [5, 5.41) is 10.4. The van der Waals surface area contributed by atoms with Crippen LogP contribution in [0, 0.1) is 0 Å². The Morgan fingerprint density at radius 3 is 2.16 bits per heavy atom. The van der Waals surface area contributed by atoms with E-state index in [-0.39, 0.29) is 43.8 Å². The number of aromatic hydroxyl groups is 1. The molecule has 2 aromatic rings. The highest BCUT2D eigenvalue weighted by Crippen LogP contribution is 2.42. The average molecular weight is 397 g/mol. The molecular weight excluding hydrogens is 383 g/mol. The first-order valence-corrected chi connectivity index (χ1v) is 9.36. The lowest BCUT2D eigenvalue weighted by molar-refractivity contribution is 0.0975. The van der Waals surface area contributed by atoms with E-state index in [1.165, 1.54) is 36.3 Å². The molecule has 0 atom stereocenters. The second kappa shape index (κ2) is 7.28. The standard InChI is InChI=1S/C18H14Cl2O4S/c1-2-3-8-25-24-12-7-6-11(21)15-16(12)18(23)14-10(20)5-4-9(19)13(14)17(15)22/h4-7,21H,2-3,8H2,1H3. The lowest BCUT2D eigenvalue weighted by Crippen LogP contribution is -2.22. The number of ketones is 2. The summed E-state index contributed by atoms with van der Waals surface area (Å²) >= 11 is 13.4. The van der Waals surface area contributed by atoms with E-state index in [0.717, 1.165) is 18.6 Å². The van der Waals surface area contributed by atoms with E-state index < -0.39 is 11.6 Å². The van der Waals surface area contributed by atoms with Crippen LogP contribution in [0.5, 0.6) is 11.5 Å². The molecule has 0 aliphatic heterocycles. The third-order valence-electron chi connectivity index (χ3n) is 3.89. The average Bonchev–Trinajstić information content (AvgIpc) is 2.59. The maximum atomic E-state index is 13.0. The maximum absolute atomic E-state index is 13.0. The number of halogens is 2. The number of phenols is 1. The van der Waals surface area contributed by atoms with Crippen LogP contribution in [0.2, 0.25) is 10.0 Å². The van der Waals surface area contributed by atoms with E-state index in [0.29, 0.717) is 0 Å². The minimum Gasteiger partial charge on any atom is -0.507 e. The van der Waals surface area contributed by atoms with Crippen LogP contribution in [-0.4, -0.2) is 22.4 Å². The molecule has 0 heterocycles. The third-order valence-corrected chi connectivity index (χ3v) is 5.27. The highest BCUT2D eigenvalue weighted by atomic mass is 35.5. The number of carbonyl (C=O) groups is 2. The molecule has 25 heavy (non-hydrogen) atoms. The fourth-order valence-electron chi connectivity index (χ4n) is 2.65. The predicted molar refractivity (Wildman–Crippen MR) is 99.4 cm³/mol. The van der Waals surface area contributed by atoms with E-state index in [9.17, 15) is 14.7 Å². The van der Waals surface area contributed by atoms with Gasteiger partial charge in [-0.3, -0.25) is 9.59 Å². The Morgan fingerprint density at radius 2 is 1.56 bits per heavy atom. The minimum atomic E-state index is -0.543. The number of hydrogen-bond donors (Lipinski definition) is 1. The van der Waals surface area contributed by atoms with Crippen LogP contribution < -0.4 is 4.18 Å². The molecule has 3 rings (SSSR count). The zero-order valence-corrected chi connectivity index (χ0v) is 15.6. The smallest absolute Gasteiger partial charge is 0.200 e. The minimum absolute atomic E-state index is 0.0118. The summed E-state index contributed by atoms with van der Waals surface area (Å²) < 4.78 is 5.62. The molecule has 2 aromatic carbocycles. The molecule has 0 aromatic heterocycles. The first-order valence-electron chi connectivity index (χ1n) is 7.70. The van der Waals surface area contributed by atoms with Crippen LogP contribution in [0.3, 0.4) is 0 Å². The van der Waals surface area contributed by atoms with Crippen molar-refractivity contribution in [2.45, 2.75) is 19.8 Å². The van der Waals surface area contributed by atoms with Crippen molar-refractivity contribution in [2.75, 3.05) is 5.75 Å². The van der Waals surface area contributed by atoms with Crippen molar-refractivity contribution < 1.29 is 18.9 Å². The Balaban J connectivity index is 2.13. The molecule has 0 radical (unpaired) electrons. The Morgan fingerprint density at radius 1 is 0.960 bits per heavy atom. The van der Waals surface area contributed by atoms with E-state index in [4.69, 9.17) is 27.4 Å². The molecule has 1 N–H and O–H groups in total. The highest BCUT2D eigenvalue weighted by Gasteiger charge is 2.37. The summed E-state index contributed by atoms with van der Waals surface area (Å²) in [6.45, 7) is 2.06. The van der Waals surface area contributed by atoms with Gasteiger partial charge in [-0.25, -0.2) is 0 Å². The van der Waals surface area contributed by atoms with Crippen molar-refractivity contribution in [3.8, 4) is 11.5 Å². The second-order valence-corrected chi connectivity index (χ2v) is 7.15. The van der Waals surface area contributed by atoms with Gasteiger partial charge in [-0.05, 0) is 30.7 Å². The van der Waals surface area contributed by atoms with Crippen molar-refractivity contribution >= 4 is 46.8 Å². The molecule has 0 bridgehead atoms. The van der Waals surface area contributed by atoms with Crippen LogP contribution in [0.25, 0.3) is 0 Å². The van der Waals surface area contributed by atoms with Gasteiger partial charge in [0, 0.05) is 5.75 Å². The Kier molecular flexibility index (Phi) is 5.27. The van der Waals surface area contributed by atoms with Gasteiger partial charge < -0.3 is 9.29 Å². The van der Waals surface area contributed by atoms with Gasteiger partial charge in [0.25, 0.3) is 0 Å². The predicted octanol–water partition coefficient (Wildman–Crippen LogP) is 5.30.